The lowest BCUT2D eigenvalue weighted by molar-refractivity contribution is 0.176. The molecule has 1 atom stereocenters. The predicted octanol–water partition coefficient (Wildman–Crippen LogP) is 2.48. The summed E-state index contributed by atoms with van der Waals surface area (Å²) in [6, 6.07) is 17.3. The van der Waals surface area contributed by atoms with E-state index in [9.17, 15) is 14.7 Å². The molecule has 3 aromatic carbocycles. The molecular weight excluding hydrogens is 302 g/mol. The highest BCUT2D eigenvalue weighted by Crippen LogP contribution is 2.22. The van der Waals surface area contributed by atoms with E-state index in [-0.39, 0.29) is 11.3 Å². The van der Waals surface area contributed by atoms with Crippen molar-refractivity contribution in [3.05, 3.63) is 97.3 Å². The third kappa shape index (κ3) is 3.29. The number of aliphatic hydroxyl groups excluding tert-OH is 1. The number of aryl methyl sites for hydroxylation is 1. The summed E-state index contributed by atoms with van der Waals surface area (Å²) in [6.07, 6.45) is -0.665. The third-order valence-corrected chi connectivity index (χ3v) is 4.14. The van der Waals surface area contributed by atoms with Crippen LogP contribution in [0.5, 0.6) is 0 Å². The number of nitrogens with one attached hydrogen (secondary N) is 1. The van der Waals surface area contributed by atoms with Crippen LogP contribution in [0, 0.1) is 6.92 Å². The van der Waals surface area contributed by atoms with E-state index in [0.717, 1.165) is 16.7 Å². The van der Waals surface area contributed by atoms with Crippen LogP contribution in [-0.2, 0) is 13.0 Å². The Morgan fingerprint density at radius 3 is 2.25 bits per heavy atom. The van der Waals surface area contributed by atoms with E-state index in [1.165, 1.54) is 0 Å². The van der Waals surface area contributed by atoms with E-state index in [1.807, 2.05) is 61.5 Å². The molecule has 0 heterocycles. The van der Waals surface area contributed by atoms with E-state index < -0.39 is 17.0 Å². The van der Waals surface area contributed by atoms with Gasteiger partial charge in [-0.25, -0.2) is 0 Å². The van der Waals surface area contributed by atoms with Crippen molar-refractivity contribution in [1.29, 1.82) is 0 Å². The molecule has 1 unspecified atom stereocenters. The number of aliphatic hydroxyl groups is 1. The molecule has 0 fully saturated rings. The second-order valence-electron chi connectivity index (χ2n) is 5.99. The van der Waals surface area contributed by atoms with Crippen LogP contribution in [0.2, 0.25) is 0 Å². The Labute approximate surface area is 140 Å². The van der Waals surface area contributed by atoms with Gasteiger partial charge in [-0.05, 0) is 18.1 Å². The number of benzene rings is 2. The largest absolute Gasteiger partial charge is 0.388 e. The molecule has 3 aromatic rings. The predicted molar refractivity (Wildman–Crippen MR) is 95.0 cm³/mol. The summed E-state index contributed by atoms with van der Waals surface area (Å²) in [4.78, 5) is 23.7. The molecule has 0 radical (unpaired) electrons. The summed E-state index contributed by atoms with van der Waals surface area (Å²) in [5.41, 5.74) is 2.35. The minimum Gasteiger partial charge on any atom is -0.388 e. The summed E-state index contributed by atoms with van der Waals surface area (Å²) in [6.45, 7) is 2.43. The Morgan fingerprint density at radius 2 is 1.58 bits per heavy atom. The fraction of sp³-hybridized carbons (Fsp3) is 0.200. The molecular formula is C20H19NO3. The van der Waals surface area contributed by atoms with E-state index in [0.29, 0.717) is 13.0 Å². The Bertz CT molecular complexity index is 891. The maximum Gasteiger partial charge on any atom is 0.249 e. The summed E-state index contributed by atoms with van der Waals surface area (Å²) in [5.74, 6) is 0. The van der Waals surface area contributed by atoms with Crippen molar-refractivity contribution in [2.75, 3.05) is 5.32 Å². The maximum atomic E-state index is 11.9. The van der Waals surface area contributed by atoms with Gasteiger partial charge in [0.05, 0.1) is 17.4 Å². The summed E-state index contributed by atoms with van der Waals surface area (Å²) in [5, 5.41) is 13.4. The molecule has 0 spiro atoms. The van der Waals surface area contributed by atoms with Crippen LogP contribution in [-0.4, -0.2) is 5.11 Å². The van der Waals surface area contributed by atoms with Crippen LogP contribution in [0.15, 0.2) is 64.2 Å². The second-order valence-corrected chi connectivity index (χ2v) is 5.99. The number of rotatable bonds is 6. The molecule has 0 aromatic heterocycles. The van der Waals surface area contributed by atoms with Gasteiger partial charge >= 0.3 is 0 Å². The Balaban J connectivity index is 1.74. The summed E-state index contributed by atoms with van der Waals surface area (Å²) >= 11 is 0. The van der Waals surface area contributed by atoms with Crippen molar-refractivity contribution in [1.82, 2.24) is 0 Å². The number of anilines is 1. The van der Waals surface area contributed by atoms with Crippen molar-refractivity contribution in [3.8, 4) is 0 Å². The lowest BCUT2D eigenvalue weighted by atomic mass is 9.95. The average molecular weight is 321 g/mol. The first-order chi connectivity index (χ1) is 11.6. The van der Waals surface area contributed by atoms with E-state index in [1.54, 1.807) is 0 Å². The molecule has 4 nitrogen and oxygen atoms in total. The van der Waals surface area contributed by atoms with Crippen molar-refractivity contribution in [3.63, 3.8) is 0 Å². The molecule has 0 aliphatic rings. The fourth-order valence-electron chi connectivity index (χ4n) is 2.74. The Kier molecular flexibility index (Phi) is 4.58. The van der Waals surface area contributed by atoms with Gasteiger partial charge in [0.15, 0.2) is 0 Å². The summed E-state index contributed by atoms with van der Waals surface area (Å²) in [7, 11) is 0. The van der Waals surface area contributed by atoms with Gasteiger partial charge in [0.25, 0.3) is 0 Å². The van der Waals surface area contributed by atoms with Gasteiger partial charge in [0.1, 0.15) is 0 Å². The van der Waals surface area contributed by atoms with Crippen LogP contribution >= 0.6 is 0 Å². The first-order valence-corrected chi connectivity index (χ1v) is 7.91. The van der Waals surface area contributed by atoms with Gasteiger partial charge in [0.2, 0.25) is 10.9 Å². The van der Waals surface area contributed by atoms with Crippen molar-refractivity contribution in [2.24, 2.45) is 0 Å². The van der Waals surface area contributed by atoms with Gasteiger partial charge in [-0.2, -0.15) is 0 Å². The Hall–Kier alpha value is -2.72. The normalized spacial score (nSPS) is 12.2. The first kappa shape index (κ1) is 16.1. The highest BCUT2D eigenvalue weighted by molar-refractivity contribution is 5.58. The zero-order valence-electron chi connectivity index (χ0n) is 13.5. The molecule has 0 aliphatic heterocycles. The number of hydrogen-bond donors (Lipinski definition) is 2. The molecule has 2 N–H and O–H groups in total. The van der Waals surface area contributed by atoms with Gasteiger partial charge in [-0.1, -0.05) is 60.2 Å². The highest BCUT2D eigenvalue weighted by atomic mass is 16.3. The highest BCUT2D eigenvalue weighted by Gasteiger charge is 2.26. The smallest absolute Gasteiger partial charge is 0.249 e. The van der Waals surface area contributed by atoms with Gasteiger partial charge in [-0.3, -0.25) is 9.59 Å². The van der Waals surface area contributed by atoms with Gasteiger partial charge < -0.3 is 10.4 Å². The molecule has 0 saturated heterocycles. The van der Waals surface area contributed by atoms with Crippen LogP contribution in [0.4, 0.5) is 5.69 Å². The number of hydrogen-bond acceptors (Lipinski definition) is 4. The topological polar surface area (TPSA) is 66.4 Å². The van der Waals surface area contributed by atoms with Crippen LogP contribution < -0.4 is 16.2 Å². The molecule has 0 saturated carbocycles. The van der Waals surface area contributed by atoms with Crippen LogP contribution in [0.1, 0.15) is 28.4 Å². The summed E-state index contributed by atoms with van der Waals surface area (Å²) < 4.78 is 0. The monoisotopic (exact) mass is 321 g/mol. The average Bonchev–Trinajstić information content (AvgIpc) is 2.60. The van der Waals surface area contributed by atoms with Crippen molar-refractivity contribution < 1.29 is 5.11 Å². The lowest BCUT2D eigenvalue weighted by Crippen LogP contribution is -2.40. The van der Waals surface area contributed by atoms with E-state index in [2.05, 4.69) is 5.32 Å². The molecule has 3 rings (SSSR count). The standard InChI is InChI=1S/C20H19NO3/c1-13-7-9-14(10-8-13)11-16(22)17-18(20(24)19(17)23)21-12-15-5-3-2-4-6-15/h2-10,16,21-22H,11-12H2,1H3. The van der Waals surface area contributed by atoms with Crippen molar-refractivity contribution >= 4 is 5.69 Å². The Morgan fingerprint density at radius 1 is 0.917 bits per heavy atom. The van der Waals surface area contributed by atoms with Gasteiger partial charge in [-0.15, -0.1) is 0 Å². The molecule has 0 aliphatic carbocycles. The zero-order valence-corrected chi connectivity index (χ0v) is 13.5. The third-order valence-electron chi connectivity index (χ3n) is 4.14. The molecule has 0 bridgehead atoms. The minimum atomic E-state index is -0.976. The van der Waals surface area contributed by atoms with E-state index >= 15 is 0 Å². The molecule has 122 valence electrons. The second kappa shape index (κ2) is 6.81. The minimum absolute atomic E-state index is 0.191. The van der Waals surface area contributed by atoms with Crippen LogP contribution in [0.25, 0.3) is 0 Å². The molecule has 24 heavy (non-hydrogen) atoms. The lowest BCUT2D eigenvalue weighted by Gasteiger charge is -2.18. The zero-order chi connectivity index (χ0) is 17.1. The first-order valence-electron chi connectivity index (χ1n) is 7.91. The molecule has 4 heteroatoms. The maximum absolute atomic E-state index is 11.9. The fourth-order valence-corrected chi connectivity index (χ4v) is 2.74. The quantitative estimate of drug-likeness (QED) is 0.685. The SMILES string of the molecule is Cc1ccc(CC(O)c2c(NCc3ccccc3)c(=O)c2=O)cc1. The van der Waals surface area contributed by atoms with Crippen LogP contribution in [0.3, 0.4) is 0 Å². The van der Waals surface area contributed by atoms with E-state index in [4.69, 9.17) is 0 Å². The van der Waals surface area contributed by atoms with Gasteiger partial charge in [0, 0.05) is 13.0 Å². The van der Waals surface area contributed by atoms with Crippen molar-refractivity contribution in [2.45, 2.75) is 26.0 Å². The molecule has 0 amide bonds.